The molecule has 1 N–H and O–H groups in total. The van der Waals surface area contributed by atoms with E-state index < -0.39 is 0 Å². The highest BCUT2D eigenvalue weighted by molar-refractivity contribution is 6.08. The van der Waals surface area contributed by atoms with E-state index >= 15 is 0 Å². The summed E-state index contributed by atoms with van der Waals surface area (Å²) in [5.41, 5.74) is 2.20. The van der Waals surface area contributed by atoms with Gasteiger partial charge in [0.15, 0.2) is 0 Å². The fraction of sp³-hybridized carbons (Fsp3) is 0.409. The van der Waals surface area contributed by atoms with Crippen LogP contribution in [-0.2, 0) is 4.79 Å². The van der Waals surface area contributed by atoms with Gasteiger partial charge in [0.25, 0.3) is 0 Å². The van der Waals surface area contributed by atoms with Gasteiger partial charge in [-0.25, -0.2) is 0 Å². The molecule has 6 heteroatoms. The standard InChI is InChI=1S/C22H27N3O3/c1-4-24-9-11-25(12-10-24)15(2)22(26)23-18-14-20-17(13-21(18)27-3)16-7-5-6-8-19(16)28-20/h5-8,13-15H,4,9-12H2,1-3H3,(H,23,26)/t15-/m1/s1. The van der Waals surface area contributed by atoms with E-state index in [9.17, 15) is 4.79 Å². The number of nitrogens with zero attached hydrogens (tertiary/aromatic N) is 2. The van der Waals surface area contributed by atoms with E-state index in [-0.39, 0.29) is 11.9 Å². The maximum Gasteiger partial charge on any atom is 0.241 e. The number of rotatable bonds is 5. The van der Waals surface area contributed by atoms with Gasteiger partial charge < -0.3 is 19.4 Å². The van der Waals surface area contributed by atoms with Crippen LogP contribution in [0.2, 0.25) is 0 Å². The first-order valence-electron chi connectivity index (χ1n) is 9.87. The van der Waals surface area contributed by atoms with E-state index in [0.717, 1.165) is 54.7 Å². The molecule has 2 aromatic carbocycles. The van der Waals surface area contributed by atoms with Gasteiger partial charge in [0.1, 0.15) is 16.9 Å². The van der Waals surface area contributed by atoms with E-state index in [4.69, 9.17) is 9.15 Å². The molecule has 1 aliphatic rings. The van der Waals surface area contributed by atoms with Crippen LogP contribution in [0.25, 0.3) is 21.9 Å². The number of benzene rings is 2. The van der Waals surface area contributed by atoms with E-state index in [1.165, 1.54) is 0 Å². The Kier molecular flexibility index (Phi) is 5.24. The van der Waals surface area contributed by atoms with Crippen molar-refractivity contribution in [3.8, 4) is 5.75 Å². The molecule has 0 unspecified atom stereocenters. The average molecular weight is 381 g/mol. The predicted molar refractivity (Wildman–Crippen MR) is 112 cm³/mol. The lowest BCUT2D eigenvalue weighted by molar-refractivity contribution is -0.121. The van der Waals surface area contributed by atoms with Gasteiger partial charge in [0, 0.05) is 43.0 Å². The molecule has 1 aliphatic heterocycles. The Bertz CT molecular complexity index is 989. The Morgan fingerprint density at radius 3 is 2.61 bits per heavy atom. The minimum atomic E-state index is -0.199. The first-order valence-corrected chi connectivity index (χ1v) is 9.87. The Morgan fingerprint density at radius 2 is 1.89 bits per heavy atom. The molecule has 0 spiro atoms. The minimum Gasteiger partial charge on any atom is -0.495 e. The number of para-hydroxylation sites is 1. The summed E-state index contributed by atoms with van der Waals surface area (Å²) in [7, 11) is 1.62. The van der Waals surface area contributed by atoms with Gasteiger partial charge in [0.2, 0.25) is 5.91 Å². The van der Waals surface area contributed by atoms with Gasteiger partial charge >= 0.3 is 0 Å². The van der Waals surface area contributed by atoms with Crippen molar-refractivity contribution in [1.82, 2.24) is 9.80 Å². The molecule has 0 bridgehead atoms. The van der Waals surface area contributed by atoms with E-state index in [2.05, 4.69) is 22.0 Å². The summed E-state index contributed by atoms with van der Waals surface area (Å²) in [6.07, 6.45) is 0. The number of hydrogen-bond donors (Lipinski definition) is 1. The zero-order valence-electron chi connectivity index (χ0n) is 16.7. The van der Waals surface area contributed by atoms with E-state index in [1.807, 2.05) is 43.3 Å². The summed E-state index contributed by atoms with van der Waals surface area (Å²) in [5.74, 6) is 0.606. The number of piperazine rings is 1. The van der Waals surface area contributed by atoms with Crippen LogP contribution < -0.4 is 10.1 Å². The van der Waals surface area contributed by atoms with Crippen molar-refractivity contribution in [1.29, 1.82) is 0 Å². The zero-order chi connectivity index (χ0) is 19.7. The first kappa shape index (κ1) is 18.8. The molecule has 3 aromatic rings. The Labute approximate surface area is 165 Å². The number of likely N-dealkylation sites (N-methyl/N-ethyl adjacent to an activating group) is 1. The first-order chi connectivity index (χ1) is 13.6. The monoisotopic (exact) mass is 381 g/mol. The molecular formula is C22H27N3O3. The third-order valence-electron chi connectivity index (χ3n) is 5.74. The van der Waals surface area contributed by atoms with Crippen LogP contribution in [0.1, 0.15) is 13.8 Å². The number of carbonyl (C=O) groups excluding carboxylic acids is 1. The summed E-state index contributed by atoms with van der Waals surface area (Å²) in [5, 5.41) is 5.06. The largest absolute Gasteiger partial charge is 0.495 e. The average Bonchev–Trinajstić information content (AvgIpc) is 3.10. The number of amides is 1. The molecule has 1 saturated heterocycles. The minimum absolute atomic E-state index is 0.0290. The summed E-state index contributed by atoms with van der Waals surface area (Å²) in [6.45, 7) is 9.01. The smallest absolute Gasteiger partial charge is 0.241 e. The van der Waals surface area contributed by atoms with Crippen molar-refractivity contribution < 1.29 is 13.9 Å². The number of nitrogens with one attached hydrogen (secondary N) is 1. The number of methoxy groups -OCH3 is 1. The SMILES string of the molecule is CCN1CCN([C@H](C)C(=O)Nc2cc3oc4ccccc4c3cc2OC)CC1. The van der Waals surface area contributed by atoms with Crippen LogP contribution in [0.4, 0.5) is 5.69 Å². The Hall–Kier alpha value is -2.57. The lowest BCUT2D eigenvalue weighted by Gasteiger charge is -2.36. The molecule has 1 atom stereocenters. The van der Waals surface area contributed by atoms with Crippen molar-refractivity contribution in [2.24, 2.45) is 0 Å². The quantitative estimate of drug-likeness (QED) is 0.732. The summed E-state index contributed by atoms with van der Waals surface area (Å²) in [4.78, 5) is 17.5. The van der Waals surface area contributed by atoms with Gasteiger partial charge in [-0.3, -0.25) is 9.69 Å². The zero-order valence-corrected chi connectivity index (χ0v) is 16.7. The highest BCUT2D eigenvalue weighted by Crippen LogP contribution is 2.36. The summed E-state index contributed by atoms with van der Waals surface area (Å²) >= 11 is 0. The van der Waals surface area contributed by atoms with Crippen molar-refractivity contribution >= 4 is 33.5 Å². The van der Waals surface area contributed by atoms with E-state index in [0.29, 0.717) is 11.4 Å². The van der Waals surface area contributed by atoms with Gasteiger partial charge in [-0.05, 0) is 25.6 Å². The molecule has 0 radical (unpaired) electrons. The van der Waals surface area contributed by atoms with Crippen LogP contribution in [0.5, 0.6) is 5.75 Å². The third kappa shape index (κ3) is 3.45. The van der Waals surface area contributed by atoms with Crippen LogP contribution in [0.3, 0.4) is 0 Å². The van der Waals surface area contributed by atoms with Gasteiger partial charge in [0.05, 0.1) is 18.8 Å². The predicted octanol–water partition coefficient (Wildman–Crippen LogP) is 3.56. The molecule has 4 rings (SSSR count). The van der Waals surface area contributed by atoms with Gasteiger partial charge in [-0.1, -0.05) is 25.1 Å². The molecule has 148 valence electrons. The van der Waals surface area contributed by atoms with Gasteiger partial charge in [-0.2, -0.15) is 0 Å². The molecule has 6 nitrogen and oxygen atoms in total. The fourth-order valence-corrected chi connectivity index (χ4v) is 3.89. The number of furan rings is 1. The van der Waals surface area contributed by atoms with Crippen LogP contribution in [-0.4, -0.2) is 61.6 Å². The topological polar surface area (TPSA) is 58.0 Å². The van der Waals surface area contributed by atoms with Gasteiger partial charge in [-0.15, -0.1) is 0 Å². The summed E-state index contributed by atoms with van der Waals surface area (Å²) in [6, 6.07) is 11.5. The molecule has 28 heavy (non-hydrogen) atoms. The van der Waals surface area contributed by atoms with Crippen molar-refractivity contribution in [2.45, 2.75) is 19.9 Å². The molecular weight excluding hydrogens is 354 g/mol. The number of anilines is 1. The summed E-state index contributed by atoms with van der Waals surface area (Å²) < 4.78 is 11.5. The molecule has 1 amide bonds. The number of ether oxygens (including phenoxy) is 1. The second-order valence-corrected chi connectivity index (χ2v) is 7.28. The third-order valence-corrected chi connectivity index (χ3v) is 5.74. The molecule has 0 saturated carbocycles. The number of hydrogen-bond acceptors (Lipinski definition) is 5. The molecule has 1 fully saturated rings. The fourth-order valence-electron chi connectivity index (χ4n) is 3.89. The highest BCUT2D eigenvalue weighted by atomic mass is 16.5. The normalized spacial score (nSPS) is 17.1. The molecule has 0 aliphatic carbocycles. The van der Waals surface area contributed by atoms with Crippen molar-refractivity contribution in [3.05, 3.63) is 36.4 Å². The second kappa shape index (κ2) is 7.81. The van der Waals surface area contributed by atoms with Crippen molar-refractivity contribution in [2.75, 3.05) is 45.2 Å². The lowest BCUT2D eigenvalue weighted by Crippen LogP contribution is -2.52. The van der Waals surface area contributed by atoms with Crippen molar-refractivity contribution in [3.63, 3.8) is 0 Å². The number of carbonyl (C=O) groups is 1. The lowest BCUT2D eigenvalue weighted by atomic mass is 10.1. The Balaban J connectivity index is 1.56. The maximum absolute atomic E-state index is 12.9. The van der Waals surface area contributed by atoms with Crippen LogP contribution in [0.15, 0.2) is 40.8 Å². The Morgan fingerprint density at radius 1 is 1.14 bits per heavy atom. The molecule has 2 heterocycles. The van der Waals surface area contributed by atoms with E-state index in [1.54, 1.807) is 7.11 Å². The highest BCUT2D eigenvalue weighted by Gasteiger charge is 2.26. The second-order valence-electron chi connectivity index (χ2n) is 7.28. The maximum atomic E-state index is 12.9. The van der Waals surface area contributed by atoms with Crippen LogP contribution >= 0.6 is 0 Å². The number of fused-ring (bicyclic) bond motifs is 3. The molecule has 1 aromatic heterocycles. The van der Waals surface area contributed by atoms with Crippen LogP contribution in [0, 0.1) is 0 Å².